The summed E-state index contributed by atoms with van der Waals surface area (Å²) >= 11 is 5.22. The number of H-pyrrole nitrogens is 2. The number of aromatic hydroxyl groups is 1. The van der Waals surface area contributed by atoms with E-state index in [1.165, 1.54) is 18.9 Å². The van der Waals surface area contributed by atoms with Gasteiger partial charge >= 0.3 is 0 Å². The van der Waals surface area contributed by atoms with E-state index in [4.69, 9.17) is 21.7 Å². The standard InChI is InChI=1S/C15H16N6O3S/c1-8-4-10(18-17-8)14-19-20-15(25)21(14)16-7-9-5-11(23-2)13(22)12(6-9)24-3/h4-7,22H,1-3H3,(H,17,18)(H,20,25)/b16-7+. The van der Waals surface area contributed by atoms with E-state index in [2.05, 4.69) is 25.5 Å². The predicted octanol–water partition coefficient (Wildman–Crippen LogP) is 2.24. The topological polar surface area (TPSA) is 113 Å². The van der Waals surface area contributed by atoms with Crippen LogP contribution in [0.1, 0.15) is 11.3 Å². The maximum atomic E-state index is 9.96. The molecule has 0 unspecified atom stereocenters. The quantitative estimate of drug-likeness (QED) is 0.475. The molecule has 3 aromatic rings. The number of phenolic OH excluding ortho intramolecular Hbond substituents is 1. The van der Waals surface area contributed by atoms with E-state index in [1.54, 1.807) is 18.3 Å². The number of aryl methyl sites for hydroxylation is 1. The monoisotopic (exact) mass is 360 g/mol. The number of methoxy groups -OCH3 is 2. The first-order valence-corrected chi connectivity index (χ1v) is 7.63. The molecule has 0 spiro atoms. The normalized spacial score (nSPS) is 11.2. The van der Waals surface area contributed by atoms with Crippen LogP contribution in [0.3, 0.4) is 0 Å². The molecule has 0 amide bonds. The SMILES string of the molecule is COc1cc(/C=N/n2c(-c3cc(C)[nH]n3)n[nH]c2=S)cc(OC)c1O. The summed E-state index contributed by atoms with van der Waals surface area (Å²) in [7, 11) is 2.92. The second-order valence-corrected chi connectivity index (χ2v) is 5.51. The van der Waals surface area contributed by atoms with Crippen LogP contribution >= 0.6 is 12.2 Å². The van der Waals surface area contributed by atoms with E-state index in [-0.39, 0.29) is 17.2 Å². The van der Waals surface area contributed by atoms with Gasteiger partial charge in [-0.15, -0.1) is 0 Å². The summed E-state index contributed by atoms with van der Waals surface area (Å²) in [6, 6.07) is 5.09. The van der Waals surface area contributed by atoms with Gasteiger partial charge in [-0.25, -0.2) is 5.10 Å². The second kappa shape index (κ2) is 6.77. The highest BCUT2D eigenvalue weighted by molar-refractivity contribution is 7.71. The number of benzene rings is 1. The molecule has 9 nitrogen and oxygen atoms in total. The van der Waals surface area contributed by atoms with Gasteiger partial charge in [0, 0.05) is 11.3 Å². The van der Waals surface area contributed by atoms with Crippen molar-refractivity contribution in [1.29, 1.82) is 0 Å². The third-order valence-corrected chi connectivity index (χ3v) is 3.67. The zero-order valence-electron chi connectivity index (χ0n) is 13.8. The number of aromatic amines is 2. The fourth-order valence-corrected chi connectivity index (χ4v) is 2.39. The first-order chi connectivity index (χ1) is 12.0. The van der Waals surface area contributed by atoms with Crippen molar-refractivity contribution >= 4 is 18.4 Å². The van der Waals surface area contributed by atoms with Crippen molar-refractivity contribution in [2.75, 3.05) is 14.2 Å². The molecule has 3 N–H and O–H groups in total. The minimum atomic E-state index is -0.0743. The lowest BCUT2D eigenvalue weighted by atomic mass is 10.2. The van der Waals surface area contributed by atoms with Crippen LogP contribution in [0.2, 0.25) is 0 Å². The van der Waals surface area contributed by atoms with Crippen molar-refractivity contribution in [2.45, 2.75) is 6.92 Å². The predicted molar refractivity (Wildman–Crippen MR) is 93.9 cm³/mol. The fraction of sp³-hybridized carbons (Fsp3) is 0.200. The Bertz CT molecular complexity index is 962. The molecule has 0 aliphatic carbocycles. The van der Waals surface area contributed by atoms with Crippen molar-refractivity contribution in [3.05, 3.63) is 34.2 Å². The number of phenols is 1. The number of rotatable bonds is 5. The van der Waals surface area contributed by atoms with Crippen molar-refractivity contribution in [2.24, 2.45) is 5.10 Å². The first-order valence-electron chi connectivity index (χ1n) is 7.22. The fourth-order valence-electron chi connectivity index (χ4n) is 2.21. The maximum Gasteiger partial charge on any atom is 0.216 e. The molecule has 1 aromatic carbocycles. The van der Waals surface area contributed by atoms with E-state index in [9.17, 15) is 5.11 Å². The minimum Gasteiger partial charge on any atom is -0.502 e. The van der Waals surface area contributed by atoms with Gasteiger partial charge in [-0.3, -0.25) is 5.10 Å². The second-order valence-electron chi connectivity index (χ2n) is 5.12. The van der Waals surface area contributed by atoms with E-state index in [0.29, 0.717) is 21.9 Å². The third kappa shape index (κ3) is 3.24. The van der Waals surface area contributed by atoms with E-state index in [0.717, 1.165) is 5.69 Å². The van der Waals surface area contributed by atoms with Gasteiger partial charge < -0.3 is 14.6 Å². The average molecular weight is 360 g/mol. The summed E-state index contributed by atoms with van der Waals surface area (Å²) in [5, 5.41) is 28.2. The molecule has 0 aliphatic heterocycles. The smallest absolute Gasteiger partial charge is 0.216 e. The van der Waals surface area contributed by atoms with Gasteiger partial charge in [-0.1, -0.05) is 0 Å². The summed E-state index contributed by atoms with van der Waals surface area (Å²) in [6.07, 6.45) is 1.55. The van der Waals surface area contributed by atoms with E-state index < -0.39 is 0 Å². The van der Waals surface area contributed by atoms with Crippen LogP contribution in [0.25, 0.3) is 11.5 Å². The average Bonchev–Trinajstić information content (AvgIpc) is 3.19. The van der Waals surface area contributed by atoms with Crippen LogP contribution in [0, 0.1) is 11.7 Å². The third-order valence-electron chi connectivity index (χ3n) is 3.41. The molecule has 0 atom stereocenters. The molecule has 0 aliphatic rings. The van der Waals surface area contributed by atoms with Crippen LogP contribution in [0.15, 0.2) is 23.3 Å². The molecule has 0 saturated carbocycles. The molecule has 0 bridgehead atoms. The molecule has 2 heterocycles. The summed E-state index contributed by atoms with van der Waals surface area (Å²) in [4.78, 5) is 0. The number of nitrogens with one attached hydrogen (secondary N) is 2. The Morgan fingerprint density at radius 1 is 1.16 bits per heavy atom. The van der Waals surface area contributed by atoms with Gasteiger partial charge in [0.25, 0.3) is 0 Å². The van der Waals surface area contributed by atoms with Crippen LogP contribution in [-0.2, 0) is 0 Å². The molecular weight excluding hydrogens is 344 g/mol. The first kappa shape index (κ1) is 16.7. The molecule has 3 rings (SSSR count). The Morgan fingerprint density at radius 2 is 1.84 bits per heavy atom. The molecule has 0 radical (unpaired) electrons. The minimum absolute atomic E-state index is 0.0743. The summed E-state index contributed by atoms with van der Waals surface area (Å²) in [5.41, 5.74) is 2.16. The van der Waals surface area contributed by atoms with Crippen LogP contribution in [0.5, 0.6) is 17.2 Å². The summed E-state index contributed by atoms with van der Waals surface area (Å²) < 4.78 is 12.0. The number of nitrogens with zero attached hydrogens (tertiary/aromatic N) is 4. The Kier molecular flexibility index (Phi) is 4.52. The van der Waals surface area contributed by atoms with E-state index in [1.807, 2.05) is 13.0 Å². The van der Waals surface area contributed by atoms with Crippen molar-refractivity contribution in [3.63, 3.8) is 0 Å². The maximum absolute atomic E-state index is 9.96. The molecule has 0 fully saturated rings. The summed E-state index contributed by atoms with van der Waals surface area (Å²) in [6.45, 7) is 1.89. The van der Waals surface area contributed by atoms with Gasteiger partial charge in [0.15, 0.2) is 11.5 Å². The highest BCUT2D eigenvalue weighted by Gasteiger charge is 2.12. The highest BCUT2D eigenvalue weighted by Crippen LogP contribution is 2.36. The van der Waals surface area contributed by atoms with E-state index >= 15 is 0 Å². The molecule has 10 heteroatoms. The lowest BCUT2D eigenvalue weighted by Gasteiger charge is -2.09. The van der Waals surface area contributed by atoms with Crippen LogP contribution in [0.4, 0.5) is 0 Å². The summed E-state index contributed by atoms with van der Waals surface area (Å²) in [5.74, 6) is 0.956. The largest absolute Gasteiger partial charge is 0.502 e. The zero-order valence-corrected chi connectivity index (χ0v) is 14.6. The van der Waals surface area contributed by atoms with Crippen LogP contribution in [-0.4, -0.2) is 50.6 Å². The number of hydrogen-bond donors (Lipinski definition) is 3. The van der Waals surface area contributed by atoms with Gasteiger partial charge in [-0.2, -0.15) is 20.0 Å². The highest BCUT2D eigenvalue weighted by atomic mass is 32.1. The van der Waals surface area contributed by atoms with Crippen molar-refractivity contribution in [3.8, 4) is 28.8 Å². The van der Waals surface area contributed by atoms with Crippen LogP contribution < -0.4 is 9.47 Å². The lowest BCUT2D eigenvalue weighted by molar-refractivity contribution is 0.340. The molecule has 130 valence electrons. The van der Waals surface area contributed by atoms with Gasteiger partial charge in [-0.05, 0) is 37.3 Å². The Balaban J connectivity index is 2.01. The number of aromatic nitrogens is 5. The lowest BCUT2D eigenvalue weighted by Crippen LogP contribution is -1.96. The number of hydrogen-bond acceptors (Lipinski definition) is 7. The molecule has 25 heavy (non-hydrogen) atoms. The molecule has 0 saturated heterocycles. The van der Waals surface area contributed by atoms with Crippen molar-refractivity contribution < 1.29 is 14.6 Å². The zero-order chi connectivity index (χ0) is 18.0. The van der Waals surface area contributed by atoms with Gasteiger partial charge in [0.05, 0.1) is 20.4 Å². The van der Waals surface area contributed by atoms with Gasteiger partial charge in [0.1, 0.15) is 5.69 Å². The molecule has 2 aromatic heterocycles. The Morgan fingerprint density at radius 3 is 2.40 bits per heavy atom. The molecular formula is C15H16N6O3S. The Hall–Kier alpha value is -3.14. The number of ether oxygens (including phenoxy) is 2. The van der Waals surface area contributed by atoms with Gasteiger partial charge in [0.2, 0.25) is 16.3 Å². The van der Waals surface area contributed by atoms with Crippen molar-refractivity contribution in [1.82, 2.24) is 25.1 Å². The Labute approximate surface area is 147 Å².